The average molecular weight is 301 g/mol. The SMILES string of the molecule is COc1cc(C)ccc1-c1noc(-c2scc(C)c2N)n1. The summed E-state index contributed by atoms with van der Waals surface area (Å²) in [6.07, 6.45) is 0. The lowest BCUT2D eigenvalue weighted by Crippen LogP contribution is -1.90. The van der Waals surface area contributed by atoms with E-state index in [0.29, 0.717) is 17.4 Å². The Morgan fingerprint density at radius 3 is 2.76 bits per heavy atom. The van der Waals surface area contributed by atoms with Crippen molar-refractivity contribution in [2.45, 2.75) is 13.8 Å². The van der Waals surface area contributed by atoms with Crippen molar-refractivity contribution in [2.24, 2.45) is 0 Å². The fraction of sp³-hybridized carbons (Fsp3) is 0.200. The van der Waals surface area contributed by atoms with Crippen LogP contribution in [0.25, 0.3) is 22.2 Å². The van der Waals surface area contributed by atoms with E-state index in [2.05, 4.69) is 10.1 Å². The third-order valence-corrected chi connectivity index (χ3v) is 4.34. The summed E-state index contributed by atoms with van der Waals surface area (Å²) < 4.78 is 10.7. The maximum atomic E-state index is 6.02. The summed E-state index contributed by atoms with van der Waals surface area (Å²) >= 11 is 1.50. The molecule has 1 aromatic carbocycles. The maximum absolute atomic E-state index is 6.02. The van der Waals surface area contributed by atoms with Crippen LogP contribution in [0.4, 0.5) is 5.69 Å². The molecule has 2 aromatic heterocycles. The van der Waals surface area contributed by atoms with Crippen LogP contribution in [-0.4, -0.2) is 17.3 Å². The molecular formula is C15H15N3O2S. The minimum absolute atomic E-state index is 0.434. The lowest BCUT2D eigenvalue weighted by molar-refractivity contribution is 0.413. The van der Waals surface area contributed by atoms with E-state index in [-0.39, 0.29) is 0 Å². The van der Waals surface area contributed by atoms with E-state index in [1.165, 1.54) is 11.3 Å². The minimum Gasteiger partial charge on any atom is -0.496 e. The van der Waals surface area contributed by atoms with Crippen molar-refractivity contribution in [1.29, 1.82) is 0 Å². The van der Waals surface area contributed by atoms with Gasteiger partial charge in [0.15, 0.2) is 0 Å². The number of methoxy groups -OCH3 is 1. The topological polar surface area (TPSA) is 74.2 Å². The second kappa shape index (κ2) is 5.21. The number of nitrogen functional groups attached to an aromatic ring is 1. The molecule has 2 N–H and O–H groups in total. The van der Waals surface area contributed by atoms with Crippen LogP contribution in [0, 0.1) is 13.8 Å². The number of aryl methyl sites for hydroxylation is 2. The van der Waals surface area contributed by atoms with Gasteiger partial charge in [-0.3, -0.25) is 0 Å². The summed E-state index contributed by atoms with van der Waals surface area (Å²) in [6.45, 7) is 3.96. The van der Waals surface area contributed by atoms with Crippen molar-refractivity contribution in [1.82, 2.24) is 10.1 Å². The van der Waals surface area contributed by atoms with E-state index in [0.717, 1.165) is 27.3 Å². The van der Waals surface area contributed by atoms with Gasteiger partial charge in [0, 0.05) is 0 Å². The predicted molar refractivity (Wildman–Crippen MR) is 83.5 cm³/mol. The number of aromatic nitrogens is 2. The zero-order chi connectivity index (χ0) is 15.0. The smallest absolute Gasteiger partial charge is 0.270 e. The molecule has 0 radical (unpaired) electrons. The number of anilines is 1. The first kappa shape index (κ1) is 13.6. The molecule has 21 heavy (non-hydrogen) atoms. The van der Waals surface area contributed by atoms with E-state index < -0.39 is 0 Å². The largest absolute Gasteiger partial charge is 0.496 e. The molecule has 0 fully saturated rings. The number of thiophene rings is 1. The molecule has 5 nitrogen and oxygen atoms in total. The van der Waals surface area contributed by atoms with Gasteiger partial charge in [-0.15, -0.1) is 11.3 Å². The predicted octanol–water partition coefficient (Wildman–Crippen LogP) is 3.67. The lowest BCUT2D eigenvalue weighted by Gasteiger charge is -2.05. The number of nitrogens with two attached hydrogens (primary N) is 1. The number of benzene rings is 1. The summed E-state index contributed by atoms with van der Waals surface area (Å²) in [5.74, 6) is 1.65. The highest BCUT2D eigenvalue weighted by molar-refractivity contribution is 7.14. The van der Waals surface area contributed by atoms with Crippen molar-refractivity contribution >= 4 is 17.0 Å². The lowest BCUT2D eigenvalue weighted by atomic mass is 10.1. The van der Waals surface area contributed by atoms with Gasteiger partial charge in [-0.25, -0.2) is 0 Å². The molecule has 0 saturated heterocycles. The third kappa shape index (κ3) is 2.38. The standard InChI is InChI=1S/C15H15N3O2S/c1-8-4-5-10(11(6-8)19-3)14-17-15(20-18-14)13-12(16)9(2)7-21-13/h4-7H,16H2,1-3H3. The van der Waals surface area contributed by atoms with Crippen LogP contribution < -0.4 is 10.5 Å². The van der Waals surface area contributed by atoms with Crippen molar-refractivity contribution < 1.29 is 9.26 Å². The second-order valence-electron chi connectivity index (χ2n) is 4.79. The summed E-state index contributed by atoms with van der Waals surface area (Å²) in [5, 5.41) is 6.01. The van der Waals surface area contributed by atoms with Gasteiger partial charge in [0.25, 0.3) is 5.89 Å². The van der Waals surface area contributed by atoms with Crippen LogP contribution in [0.2, 0.25) is 0 Å². The third-order valence-electron chi connectivity index (χ3n) is 3.24. The molecule has 0 unspecified atom stereocenters. The van der Waals surface area contributed by atoms with Crippen molar-refractivity contribution in [3.05, 3.63) is 34.7 Å². The molecule has 0 aliphatic carbocycles. The van der Waals surface area contributed by atoms with Crippen LogP contribution >= 0.6 is 11.3 Å². The molecule has 6 heteroatoms. The molecule has 0 saturated carbocycles. The van der Waals surface area contributed by atoms with E-state index >= 15 is 0 Å². The summed E-state index contributed by atoms with van der Waals surface area (Å²) in [5.41, 5.74) is 9.62. The Kier molecular flexibility index (Phi) is 3.39. The van der Waals surface area contributed by atoms with Gasteiger partial charge in [-0.05, 0) is 42.5 Å². The molecular weight excluding hydrogens is 286 g/mol. The number of ether oxygens (including phenoxy) is 1. The summed E-state index contributed by atoms with van der Waals surface area (Å²) in [7, 11) is 1.62. The molecule has 2 heterocycles. The first-order chi connectivity index (χ1) is 10.1. The van der Waals surface area contributed by atoms with Crippen molar-refractivity contribution in [2.75, 3.05) is 12.8 Å². The van der Waals surface area contributed by atoms with E-state index in [1.807, 2.05) is 37.4 Å². The van der Waals surface area contributed by atoms with Gasteiger partial charge in [-0.1, -0.05) is 11.2 Å². The highest BCUT2D eigenvalue weighted by Crippen LogP contribution is 2.36. The Hall–Kier alpha value is -2.34. The zero-order valence-electron chi connectivity index (χ0n) is 12.0. The fourth-order valence-electron chi connectivity index (χ4n) is 2.03. The van der Waals surface area contributed by atoms with Crippen molar-refractivity contribution in [3.63, 3.8) is 0 Å². The van der Waals surface area contributed by atoms with E-state index in [1.54, 1.807) is 7.11 Å². The molecule has 0 spiro atoms. The Morgan fingerprint density at radius 2 is 2.10 bits per heavy atom. The molecule has 3 rings (SSSR count). The summed E-state index contributed by atoms with van der Waals surface area (Å²) in [6, 6.07) is 5.85. The van der Waals surface area contributed by atoms with E-state index in [4.69, 9.17) is 15.0 Å². The van der Waals surface area contributed by atoms with E-state index in [9.17, 15) is 0 Å². The Balaban J connectivity index is 2.05. The number of rotatable bonds is 3. The van der Waals surface area contributed by atoms with Crippen LogP contribution in [-0.2, 0) is 0 Å². The molecule has 108 valence electrons. The molecule has 0 aliphatic heterocycles. The minimum atomic E-state index is 0.434. The normalized spacial score (nSPS) is 10.8. The van der Waals surface area contributed by atoms with Crippen LogP contribution in [0.15, 0.2) is 28.1 Å². The molecule has 0 amide bonds. The first-order valence-electron chi connectivity index (χ1n) is 6.43. The van der Waals surface area contributed by atoms with Crippen LogP contribution in [0.5, 0.6) is 5.75 Å². The van der Waals surface area contributed by atoms with Gasteiger partial charge >= 0.3 is 0 Å². The zero-order valence-corrected chi connectivity index (χ0v) is 12.8. The molecule has 3 aromatic rings. The Morgan fingerprint density at radius 1 is 1.29 bits per heavy atom. The fourth-order valence-corrected chi connectivity index (χ4v) is 2.92. The van der Waals surface area contributed by atoms with Gasteiger partial charge in [-0.2, -0.15) is 4.98 Å². The molecule has 0 bridgehead atoms. The highest BCUT2D eigenvalue weighted by Gasteiger charge is 2.18. The Labute approximate surface area is 126 Å². The van der Waals surface area contributed by atoms with Gasteiger partial charge in [0.05, 0.1) is 18.4 Å². The number of hydrogen-bond donors (Lipinski definition) is 1. The van der Waals surface area contributed by atoms with Gasteiger partial charge in [0.1, 0.15) is 10.6 Å². The second-order valence-corrected chi connectivity index (χ2v) is 5.67. The van der Waals surface area contributed by atoms with Gasteiger partial charge < -0.3 is 15.0 Å². The number of nitrogens with zero attached hydrogens (tertiary/aromatic N) is 2. The van der Waals surface area contributed by atoms with Crippen LogP contribution in [0.3, 0.4) is 0 Å². The van der Waals surface area contributed by atoms with Crippen molar-refractivity contribution in [3.8, 4) is 27.9 Å². The molecule has 0 atom stereocenters. The highest BCUT2D eigenvalue weighted by atomic mass is 32.1. The monoisotopic (exact) mass is 301 g/mol. The average Bonchev–Trinajstić information content (AvgIpc) is 3.07. The quantitative estimate of drug-likeness (QED) is 0.799. The number of hydrogen-bond acceptors (Lipinski definition) is 6. The molecule has 0 aliphatic rings. The summed E-state index contributed by atoms with van der Waals surface area (Å²) in [4.78, 5) is 5.24. The van der Waals surface area contributed by atoms with Crippen LogP contribution in [0.1, 0.15) is 11.1 Å². The van der Waals surface area contributed by atoms with Gasteiger partial charge in [0.2, 0.25) is 5.82 Å². The first-order valence-corrected chi connectivity index (χ1v) is 7.30. The maximum Gasteiger partial charge on any atom is 0.270 e. The Bertz CT molecular complexity index is 792.